The van der Waals surface area contributed by atoms with Gasteiger partial charge in [0.1, 0.15) is 0 Å². The normalized spacial score (nSPS) is 17.4. The average Bonchev–Trinajstić information content (AvgIpc) is 3.03. The standard InChI is InChI=1S/C15H23N/c1-3-10-16-12-15(8-9-15)11-14-6-4-13(2)5-7-14/h4-7,16H,3,8-12H2,1-2H3. The van der Waals surface area contributed by atoms with Gasteiger partial charge in [0.25, 0.3) is 0 Å². The van der Waals surface area contributed by atoms with Crippen molar-refractivity contribution in [2.24, 2.45) is 5.41 Å². The van der Waals surface area contributed by atoms with Gasteiger partial charge in [-0.3, -0.25) is 0 Å². The van der Waals surface area contributed by atoms with E-state index in [-0.39, 0.29) is 0 Å². The van der Waals surface area contributed by atoms with Crippen LogP contribution in [0.1, 0.15) is 37.3 Å². The Morgan fingerprint density at radius 1 is 1.19 bits per heavy atom. The fraction of sp³-hybridized carbons (Fsp3) is 0.600. The molecule has 1 nitrogen and oxygen atoms in total. The van der Waals surface area contributed by atoms with Gasteiger partial charge in [0.05, 0.1) is 0 Å². The molecule has 1 fully saturated rings. The van der Waals surface area contributed by atoms with Crippen LogP contribution in [0.2, 0.25) is 0 Å². The number of nitrogens with one attached hydrogen (secondary N) is 1. The Kier molecular flexibility index (Phi) is 3.65. The molecule has 88 valence electrons. The van der Waals surface area contributed by atoms with Crippen LogP contribution in [0.3, 0.4) is 0 Å². The highest BCUT2D eigenvalue weighted by Gasteiger charge is 2.41. The van der Waals surface area contributed by atoms with Gasteiger partial charge >= 0.3 is 0 Å². The van der Waals surface area contributed by atoms with Gasteiger partial charge in [-0.2, -0.15) is 0 Å². The first kappa shape index (κ1) is 11.7. The third-order valence-electron chi connectivity index (χ3n) is 3.58. The molecule has 0 radical (unpaired) electrons. The Morgan fingerprint density at radius 3 is 2.44 bits per heavy atom. The summed E-state index contributed by atoms with van der Waals surface area (Å²) in [6, 6.07) is 9.03. The highest BCUT2D eigenvalue weighted by Crippen LogP contribution is 2.47. The van der Waals surface area contributed by atoms with Crippen LogP contribution < -0.4 is 5.32 Å². The summed E-state index contributed by atoms with van der Waals surface area (Å²) in [6.07, 6.45) is 5.29. The molecule has 0 unspecified atom stereocenters. The molecule has 0 amide bonds. The van der Waals surface area contributed by atoms with Gasteiger partial charge in [-0.05, 0) is 50.1 Å². The molecule has 1 aromatic rings. The third-order valence-corrected chi connectivity index (χ3v) is 3.58. The van der Waals surface area contributed by atoms with Crippen molar-refractivity contribution in [1.82, 2.24) is 5.32 Å². The van der Waals surface area contributed by atoms with E-state index in [9.17, 15) is 0 Å². The minimum absolute atomic E-state index is 0.588. The van der Waals surface area contributed by atoms with E-state index >= 15 is 0 Å². The van der Waals surface area contributed by atoms with Gasteiger partial charge in [0.2, 0.25) is 0 Å². The molecule has 1 aliphatic carbocycles. The quantitative estimate of drug-likeness (QED) is 0.721. The molecule has 1 N–H and O–H groups in total. The first-order valence-corrected chi connectivity index (χ1v) is 6.50. The van der Waals surface area contributed by atoms with Crippen LogP contribution in [0.4, 0.5) is 0 Å². The number of rotatable bonds is 6. The van der Waals surface area contributed by atoms with Gasteiger partial charge in [-0.15, -0.1) is 0 Å². The molecule has 1 aromatic carbocycles. The lowest BCUT2D eigenvalue weighted by Gasteiger charge is -2.16. The molecule has 2 rings (SSSR count). The molecule has 0 aliphatic heterocycles. The van der Waals surface area contributed by atoms with Crippen molar-refractivity contribution in [3.8, 4) is 0 Å². The zero-order valence-corrected chi connectivity index (χ0v) is 10.6. The lowest BCUT2D eigenvalue weighted by molar-refractivity contribution is 0.455. The van der Waals surface area contributed by atoms with E-state index in [0.29, 0.717) is 5.41 Å². The molecule has 0 spiro atoms. The van der Waals surface area contributed by atoms with Crippen LogP contribution in [-0.2, 0) is 6.42 Å². The number of aryl methyl sites for hydroxylation is 1. The zero-order valence-electron chi connectivity index (χ0n) is 10.6. The summed E-state index contributed by atoms with van der Waals surface area (Å²) in [4.78, 5) is 0. The molecule has 0 atom stereocenters. The van der Waals surface area contributed by atoms with E-state index in [0.717, 1.165) is 6.54 Å². The van der Waals surface area contributed by atoms with Crippen molar-refractivity contribution in [2.45, 2.75) is 39.5 Å². The van der Waals surface area contributed by atoms with Crippen molar-refractivity contribution < 1.29 is 0 Å². The lowest BCUT2D eigenvalue weighted by Crippen LogP contribution is -2.26. The third kappa shape index (κ3) is 3.08. The molecule has 0 saturated heterocycles. The van der Waals surface area contributed by atoms with Gasteiger partial charge in [-0.25, -0.2) is 0 Å². The predicted octanol–water partition coefficient (Wildman–Crippen LogP) is 3.32. The van der Waals surface area contributed by atoms with Crippen LogP contribution in [0, 0.1) is 12.3 Å². The fourth-order valence-corrected chi connectivity index (χ4v) is 2.26. The van der Waals surface area contributed by atoms with Crippen molar-refractivity contribution >= 4 is 0 Å². The Balaban J connectivity index is 1.86. The zero-order chi connectivity index (χ0) is 11.4. The van der Waals surface area contributed by atoms with Crippen molar-refractivity contribution in [2.75, 3.05) is 13.1 Å². The van der Waals surface area contributed by atoms with E-state index in [1.807, 2.05) is 0 Å². The fourth-order valence-electron chi connectivity index (χ4n) is 2.26. The van der Waals surface area contributed by atoms with Crippen molar-refractivity contribution in [3.05, 3.63) is 35.4 Å². The molecular formula is C15H23N. The highest BCUT2D eigenvalue weighted by molar-refractivity contribution is 5.23. The predicted molar refractivity (Wildman–Crippen MR) is 69.7 cm³/mol. The highest BCUT2D eigenvalue weighted by atomic mass is 14.9. The summed E-state index contributed by atoms with van der Waals surface area (Å²) in [7, 11) is 0. The SMILES string of the molecule is CCCNCC1(Cc2ccc(C)cc2)CC1. The maximum Gasteiger partial charge on any atom is 0.00110 e. The minimum atomic E-state index is 0.588. The van der Waals surface area contributed by atoms with E-state index in [2.05, 4.69) is 43.4 Å². The Bertz CT molecular complexity index is 322. The van der Waals surface area contributed by atoms with E-state index in [1.165, 1.54) is 43.4 Å². The number of hydrogen-bond donors (Lipinski definition) is 1. The Morgan fingerprint density at radius 2 is 1.88 bits per heavy atom. The second kappa shape index (κ2) is 5.01. The maximum atomic E-state index is 3.57. The Labute approximate surface area is 99.3 Å². The average molecular weight is 217 g/mol. The van der Waals surface area contributed by atoms with Crippen LogP contribution in [0.15, 0.2) is 24.3 Å². The Hall–Kier alpha value is -0.820. The molecule has 1 heteroatoms. The molecule has 0 bridgehead atoms. The van der Waals surface area contributed by atoms with Gasteiger partial charge < -0.3 is 5.32 Å². The van der Waals surface area contributed by atoms with E-state index in [1.54, 1.807) is 0 Å². The summed E-state index contributed by atoms with van der Waals surface area (Å²) in [5.41, 5.74) is 3.45. The largest absolute Gasteiger partial charge is 0.316 e. The second-order valence-electron chi connectivity index (χ2n) is 5.34. The van der Waals surface area contributed by atoms with Gasteiger partial charge in [0.15, 0.2) is 0 Å². The van der Waals surface area contributed by atoms with Crippen LogP contribution in [0.5, 0.6) is 0 Å². The monoisotopic (exact) mass is 217 g/mol. The van der Waals surface area contributed by atoms with Gasteiger partial charge in [0, 0.05) is 6.54 Å². The maximum absolute atomic E-state index is 3.57. The second-order valence-corrected chi connectivity index (χ2v) is 5.34. The van der Waals surface area contributed by atoms with Crippen molar-refractivity contribution in [1.29, 1.82) is 0 Å². The molecule has 1 saturated carbocycles. The number of benzene rings is 1. The summed E-state index contributed by atoms with van der Waals surface area (Å²) in [6.45, 7) is 6.75. The summed E-state index contributed by atoms with van der Waals surface area (Å²) < 4.78 is 0. The molecule has 16 heavy (non-hydrogen) atoms. The molecule has 0 heterocycles. The van der Waals surface area contributed by atoms with Gasteiger partial charge in [-0.1, -0.05) is 36.8 Å². The summed E-state index contributed by atoms with van der Waals surface area (Å²) >= 11 is 0. The first-order valence-electron chi connectivity index (χ1n) is 6.50. The van der Waals surface area contributed by atoms with Crippen LogP contribution in [-0.4, -0.2) is 13.1 Å². The molecule has 0 aromatic heterocycles. The molecular weight excluding hydrogens is 194 g/mol. The smallest absolute Gasteiger partial charge is 0.00110 e. The number of hydrogen-bond acceptors (Lipinski definition) is 1. The summed E-state index contributed by atoms with van der Waals surface area (Å²) in [5.74, 6) is 0. The minimum Gasteiger partial charge on any atom is -0.316 e. The first-order chi connectivity index (χ1) is 7.74. The molecule has 1 aliphatic rings. The topological polar surface area (TPSA) is 12.0 Å². The van der Waals surface area contributed by atoms with E-state index in [4.69, 9.17) is 0 Å². The van der Waals surface area contributed by atoms with Crippen LogP contribution in [0.25, 0.3) is 0 Å². The van der Waals surface area contributed by atoms with E-state index < -0.39 is 0 Å². The lowest BCUT2D eigenvalue weighted by atomic mass is 9.96. The van der Waals surface area contributed by atoms with Crippen molar-refractivity contribution in [3.63, 3.8) is 0 Å². The van der Waals surface area contributed by atoms with Crippen LogP contribution >= 0.6 is 0 Å². The summed E-state index contributed by atoms with van der Waals surface area (Å²) in [5, 5.41) is 3.57.